The Morgan fingerprint density at radius 3 is 2.68 bits per heavy atom. The van der Waals surface area contributed by atoms with Crippen LogP contribution in [-0.2, 0) is 4.79 Å². The second-order valence-electron chi connectivity index (χ2n) is 8.93. The van der Waals surface area contributed by atoms with Crippen LogP contribution in [0.1, 0.15) is 79.1 Å². The molecule has 2 nitrogen and oxygen atoms in total. The Bertz CT molecular complexity index is 437. The molecule has 2 rings (SSSR count). The number of hydrogen-bond acceptors (Lipinski definition) is 1. The van der Waals surface area contributed by atoms with E-state index in [1.807, 2.05) is 0 Å². The van der Waals surface area contributed by atoms with Crippen LogP contribution in [0.3, 0.4) is 0 Å². The van der Waals surface area contributed by atoms with Gasteiger partial charge in [0.05, 0.1) is 0 Å². The lowest BCUT2D eigenvalue weighted by molar-refractivity contribution is -0.138. The molecule has 0 aliphatic heterocycles. The number of allylic oxidation sites excluding steroid dienone is 1. The van der Waals surface area contributed by atoms with Gasteiger partial charge in [0.1, 0.15) is 0 Å². The van der Waals surface area contributed by atoms with E-state index in [0.717, 1.165) is 18.8 Å². The number of rotatable bonds is 5. The molecule has 0 aromatic carbocycles. The topological polar surface area (TPSA) is 37.3 Å². The van der Waals surface area contributed by atoms with Gasteiger partial charge in [0.15, 0.2) is 0 Å². The first-order chi connectivity index (χ1) is 10.2. The van der Waals surface area contributed by atoms with Crippen molar-refractivity contribution in [2.45, 2.75) is 79.1 Å². The number of fused-ring (bicyclic) bond motifs is 1. The highest BCUT2D eigenvalue weighted by Gasteiger charge is 2.52. The summed E-state index contributed by atoms with van der Waals surface area (Å²) in [6.45, 7) is 13.9. The maximum absolute atomic E-state index is 10.9. The fourth-order valence-corrected chi connectivity index (χ4v) is 5.66. The lowest BCUT2D eigenvalue weighted by Gasteiger charge is -2.58. The first-order valence-corrected chi connectivity index (χ1v) is 9.06. The Labute approximate surface area is 136 Å². The van der Waals surface area contributed by atoms with Gasteiger partial charge in [-0.2, -0.15) is 0 Å². The van der Waals surface area contributed by atoms with Crippen molar-refractivity contribution in [2.75, 3.05) is 0 Å². The molecule has 2 fully saturated rings. The average Bonchev–Trinajstić information content (AvgIpc) is 2.35. The van der Waals surface area contributed by atoms with Gasteiger partial charge in [-0.05, 0) is 67.1 Å². The largest absolute Gasteiger partial charge is 0.481 e. The highest BCUT2D eigenvalue weighted by molar-refractivity contribution is 5.66. The fraction of sp³-hybridized carbons (Fsp3) is 0.850. The van der Waals surface area contributed by atoms with E-state index in [1.165, 1.54) is 37.7 Å². The summed E-state index contributed by atoms with van der Waals surface area (Å²) < 4.78 is 0. The molecule has 126 valence electrons. The molecule has 0 heterocycles. The molecular formula is C20H34O2. The van der Waals surface area contributed by atoms with Crippen LogP contribution in [0.4, 0.5) is 0 Å². The Morgan fingerprint density at radius 1 is 1.36 bits per heavy atom. The number of aliphatic carboxylic acids is 1. The van der Waals surface area contributed by atoms with Gasteiger partial charge in [-0.1, -0.05) is 46.3 Å². The maximum atomic E-state index is 10.9. The molecule has 2 aliphatic rings. The number of carbonyl (C=O) groups is 1. The van der Waals surface area contributed by atoms with Crippen molar-refractivity contribution >= 4 is 5.97 Å². The third-order valence-corrected chi connectivity index (χ3v) is 6.79. The van der Waals surface area contributed by atoms with Gasteiger partial charge in [-0.25, -0.2) is 0 Å². The Hall–Kier alpha value is -0.790. The highest BCUT2D eigenvalue weighted by Crippen LogP contribution is 2.61. The quantitative estimate of drug-likeness (QED) is 0.664. The van der Waals surface area contributed by atoms with Crippen LogP contribution in [0.2, 0.25) is 0 Å². The molecule has 22 heavy (non-hydrogen) atoms. The predicted molar refractivity (Wildman–Crippen MR) is 91.7 cm³/mol. The molecule has 2 unspecified atom stereocenters. The van der Waals surface area contributed by atoms with Crippen LogP contribution in [-0.4, -0.2) is 11.1 Å². The normalized spacial score (nSPS) is 35.7. The Morgan fingerprint density at radius 2 is 2.05 bits per heavy atom. The molecule has 0 saturated heterocycles. The van der Waals surface area contributed by atoms with Crippen molar-refractivity contribution in [1.82, 2.24) is 0 Å². The van der Waals surface area contributed by atoms with Gasteiger partial charge < -0.3 is 5.11 Å². The van der Waals surface area contributed by atoms with Gasteiger partial charge in [0.2, 0.25) is 0 Å². The van der Waals surface area contributed by atoms with E-state index in [-0.39, 0.29) is 5.92 Å². The molecule has 4 atom stereocenters. The zero-order valence-electron chi connectivity index (χ0n) is 15.0. The highest BCUT2D eigenvalue weighted by atomic mass is 16.4. The number of hydrogen-bond donors (Lipinski definition) is 1. The van der Waals surface area contributed by atoms with E-state index in [1.54, 1.807) is 0 Å². The van der Waals surface area contributed by atoms with Crippen LogP contribution in [0.25, 0.3) is 0 Å². The zero-order chi connectivity index (χ0) is 16.5. The van der Waals surface area contributed by atoms with Crippen LogP contribution >= 0.6 is 0 Å². The van der Waals surface area contributed by atoms with Crippen molar-refractivity contribution < 1.29 is 9.90 Å². The average molecular weight is 306 g/mol. The van der Waals surface area contributed by atoms with Crippen molar-refractivity contribution in [3.05, 3.63) is 12.2 Å². The summed E-state index contributed by atoms with van der Waals surface area (Å²) in [7, 11) is 0. The third kappa shape index (κ3) is 3.41. The summed E-state index contributed by atoms with van der Waals surface area (Å²) in [5.41, 5.74) is 2.25. The first kappa shape index (κ1) is 17.6. The smallest absolute Gasteiger partial charge is 0.303 e. The standard InChI is InChI=1S/C20H34O2/c1-14(13-18(21)22)7-9-16-15(2)8-10-17-19(3,4)11-6-12-20(16,17)5/h14,16-17H,2,6-13H2,1,3-5H3,(H,21,22)/t14?,16?,17-,20+/m0/s1. The maximum Gasteiger partial charge on any atom is 0.303 e. The second kappa shape index (κ2) is 6.37. The van der Waals surface area contributed by atoms with E-state index >= 15 is 0 Å². The lowest BCUT2D eigenvalue weighted by Crippen LogP contribution is -2.49. The van der Waals surface area contributed by atoms with Gasteiger partial charge in [-0.15, -0.1) is 0 Å². The van der Waals surface area contributed by atoms with Gasteiger partial charge >= 0.3 is 5.97 Å². The molecule has 0 spiro atoms. The molecule has 0 aromatic rings. The van der Waals surface area contributed by atoms with Crippen LogP contribution in [0, 0.1) is 28.6 Å². The number of carboxylic acids is 1. The van der Waals surface area contributed by atoms with E-state index in [2.05, 4.69) is 34.3 Å². The minimum atomic E-state index is -0.669. The summed E-state index contributed by atoms with van der Waals surface area (Å²) in [4.78, 5) is 10.9. The molecule has 0 aromatic heterocycles. The Kier molecular flexibility index (Phi) is 5.09. The summed E-state index contributed by atoms with van der Waals surface area (Å²) in [6.07, 6.45) is 8.89. The lowest BCUT2D eigenvalue weighted by atomic mass is 9.47. The first-order valence-electron chi connectivity index (χ1n) is 9.06. The van der Waals surface area contributed by atoms with Crippen molar-refractivity contribution in [3.63, 3.8) is 0 Å². The van der Waals surface area contributed by atoms with Gasteiger partial charge in [0, 0.05) is 6.42 Å². The van der Waals surface area contributed by atoms with E-state index < -0.39 is 5.97 Å². The van der Waals surface area contributed by atoms with E-state index in [4.69, 9.17) is 5.11 Å². The zero-order valence-corrected chi connectivity index (χ0v) is 15.0. The molecule has 2 heteroatoms. The summed E-state index contributed by atoms with van der Waals surface area (Å²) in [5.74, 6) is 0.977. The molecule has 2 aliphatic carbocycles. The minimum absolute atomic E-state index is 0.269. The van der Waals surface area contributed by atoms with E-state index in [9.17, 15) is 4.79 Å². The predicted octanol–water partition coefficient (Wildman–Crippen LogP) is 5.68. The summed E-state index contributed by atoms with van der Waals surface area (Å²) >= 11 is 0. The van der Waals surface area contributed by atoms with Crippen LogP contribution in [0.5, 0.6) is 0 Å². The van der Waals surface area contributed by atoms with Crippen LogP contribution in [0.15, 0.2) is 12.2 Å². The van der Waals surface area contributed by atoms with Crippen LogP contribution < -0.4 is 0 Å². The van der Waals surface area contributed by atoms with E-state index in [0.29, 0.717) is 23.2 Å². The van der Waals surface area contributed by atoms with Crippen molar-refractivity contribution in [1.29, 1.82) is 0 Å². The second-order valence-corrected chi connectivity index (χ2v) is 8.93. The SMILES string of the molecule is C=C1CC[C@H]2C(C)(C)CCC[C@]2(C)C1CCC(C)CC(=O)O. The van der Waals surface area contributed by atoms with Gasteiger partial charge in [0.25, 0.3) is 0 Å². The van der Waals surface area contributed by atoms with Gasteiger partial charge in [-0.3, -0.25) is 4.79 Å². The van der Waals surface area contributed by atoms with Crippen molar-refractivity contribution in [2.24, 2.45) is 28.6 Å². The third-order valence-electron chi connectivity index (χ3n) is 6.79. The minimum Gasteiger partial charge on any atom is -0.481 e. The summed E-state index contributed by atoms with van der Waals surface area (Å²) in [6, 6.07) is 0. The fourth-order valence-electron chi connectivity index (χ4n) is 5.66. The molecule has 0 radical (unpaired) electrons. The monoisotopic (exact) mass is 306 g/mol. The summed E-state index contributed by atoms with van der Waals surface area (Å²) in [5, 5.41) is 8.96. The Balaban J connectivity index is 2.10. The molecule has 2 saturated carbocycles. The van der Waals surface area contributed by atoms with Crippen molar-refractivity contribution in [3.8, 4) is 0 Å². The number of carboxylic acid groups (broad SMARTS) is 1. The molecular weight excluding hydrogens is 272 g/mol. The molecule has 0 bridgehead atoms. The molecule has 1 N–H and O–H groups in total. The molecule has 0 amide bonds.